The molecule has 0 saturated heterocycles. The topological polar surface area (TPSA) is 17.1 Å². The first-order valence-corrected chi connectivity index (χ1v) is 6.94. The highest BCUT2D eigenvalue weighted by Crippen LogP contribution is 2.30. The Kier molecular flexibility index (Phi) is 4.34. The molecule has 1 heterocycles. The molecule has 0 spiro atoms. The van der Waals surface area contributed by atoms with Crippen LogP contribution in [-0.4, -0.2) is 6.29 Å². The van der Waals surface area contributed by atoms with Crippen LogP contribution in [0.4, 0.5) is 0 Å². The second kappa shape index (κ2) is 5.98. The van der Waals surface area contributed by atoms with Gasteiger partial charge in [0.25, 0.3) is 0 Å². The molecule has 92 valence electrons. The van der Waals surface area contributed by atoms with Crippen LogP contribution in [0.15, 0.2) is 42.0 Å². The minimum atomic E-state index is 0.736. The van der Waals surface area contributed by atoms with Gasteiger partial charge in [-0.05, 0) is 47.9 Å². The lowest BCUT2D eigenvalue weighted by molar-refractivity contribution is -0.104. The first-order valence-electron chi connectivity index (χ1n) is 5.74. The summed E-state index contributed by atoms with van der Waals surface area (Å²) in [6.07, 6.45) is 3.61. The number of allylic oxidation sites excluding steroid dienone is 1. The molecule has 0 atom stereocenters. The second-order valence-corrected chi connectivity index (χ2v) is 5.45. The third-order valence-electron chi connectivity index (χ3n) is 2.62. The fourth-order valence-electron chi connectivity index (χ4n) is 1.63. The van der Waals surface area contributed by atoms with E-state index in [9.17, 15) is 4.79 Å². The standard InChI is InChI=1S/C15H13ClOS/c1-2-11(10-17)8-14-6-7-15(18-14)12-4-3-5-13(16)9-12/h3-10H,2H2,1H3. The molecule has 0 N–H and O–H groups in total. The summed E-state index contributed by atoms with van der Waals surface area (Å²) >= 11 is 7.64. The third kappa shape index (κ3) is 3.09. The molecule has 0 aliphatic rings. The van der Waals surface area contributed by atoms with Gasteiger partial charge in [-0.3, -0.25) is 4.79 Å². The van der Waals surface area contributed by atoms with E-state index in [0.29, 0.717) is 0 Å². The van der Waals surface area contributed by atoms with Crippen LogP contribution >= 0.6 is 22.9 Å². The predicted molar refractivity (Wildman–Crippen MR) is 79.1 cm³/mol. The van der Waals surface area contributed by atoms with Crippen molar-refractivity contribution in [3.8, 4) is 10.4 Å². The van der Waals surface area contributed by atoms with Crippen LogP contribution in [0.25, 0.3) is 16.5 Å². The van der Waals surface area contributed by atoms with E-state index in [1.54, 1.807) is 11.3 Å². The molecule has 18 heavy (non-hydrogen) atoms. The smallest absolute Gasteiger partial charge is 0.146 e. The first-order chi connectivity index (χ1) is 8.72. The molecule has 0 aliphatic heterocycles. The Morgan fingerprint density at radius 3 is 2.83 bits per heavy atom. The van der Waals surface area contributed by atoms with E-state index in [2.05, 4.69) is 6.07 Å². The number of thiophene rings is 1. The SMILES string of the molecule is CCC(C=O)=Cc1ccc(-c2cccc(Cl)c2)s1. The zero-order chi connectivity index (χ0) is 13.0. The quantitative estimate of drug-likeness (QED) is 0.563. The predicted octanol–water partition coefficient (Wildman–Crippen LogP) is 5.06. The van der Waals surface area contributed by atoms with Crippen LogP contribution in [0, 0.1) is 0 Å². The molecule has 0 amide bonds. The van der Waals surface area contributed by atoms with Crippen molar-refractivity contribution in [1.82, 2.24) is 0 Å². The van der Waals surface area contributed by atoms with E-state index < -0.39 is 0 Å². The Morgan fingerprint density at radius 1 is 1.33 bits per heavy atom. The first kappa shape index (κ1) is 13.1. The van der Waals surface area contributed by atoms with E-state index in [-0.39, 0.29) is 0 Å². The maximum absolute atomic E-state index is 10.8. The minimum Gasteiger partial charge on any atom is -0.298 e. The van der Waals surface area contributed by atoms with Gasteiger partial charge in [-0.2, -0.15) is 0 Å². The fourth-order valence-corrected chi connectivity index (χ4v) is 2.80. The molecule has 1 nitrogen and oxygen atoms in total. The van der Waals surface area contributed by atoms with Crippen molar-refractivity contribution in [2.75, 3.05) is 0 Å². The second-order valence-electron chi connectivity index (χ2n) is 3.90. The normalized spacial score (nSPS) is 11.6. The van der Waals surface area contributed by atoms with E-state index >= 15 is 0 Å². The van der Waals surface area contributed by atoms with Crippen molar-refractivity contribution in [3.63, 3.8) is 0 Å². The van der Waals surface area contributed by atoms with Crippen molar-refractivity contribution in [1.29, 1.82) is 0 Å². The molecule has 0 fully saturated rings. The number of carbonyl (C=O) groups excluding carboxylic acids is 1. The van der Waals surface area contributed by atoms with Gasteiger partial charge in [0, 0.05) is 14.8 Å². The Hall–Kier alpha value is -1.38. The maximum Gasteiger partial charge on any atom is 0.146 e. The molecule has 0 saturated carbocycles. The van der Waals surface area contributed by atoms with Gasteiger partial charge in [0.2, 0.25) is 0 Å². The third-order valence-corrected chi connectivity index (χ3v) is 3.94. The zero-order valence-electron chi connectivity index (χ0n) is 10.0. The molecule has 1 aromatic heterocycles. The average molecular weight is 277 g/mol. The number of aldehydes is 1. The summed E-state index contributed by atoms with van der Waals surface area (Å²) in [5.74, 6) is 0. The molecule has 0 bridgehead atoms. The van der Waals surface area contributed by atoms with E-state index in [4.69, 9.17) is 11.6 Å². The van der Waals surface area contributed by atoms with Crippen LogP contribution in [0.3, 0.4) is 0 Å². The van der Waals surface area contributed by atoms with E-state index in [1.807, 2.05) is 43.3 Å². The molecular formula is C15H13ClOS. The summed E-state index contributed by atoms with van der Waals surface area (Å²) in [5.41, 5.74) is 1.92. The number of benzene rings is 1. The van der Waals surface area contributed by atoms with Crippen molar-refractivity contribution in [3.05, 3.63) is 51.9 Å². The van der Waals surface area contributed by atoms with Gasteiger partial charge in [0.15, 0.2) is 0 Å². The van der Waals surface area contributed by atoms with Gasteiger partial charge in [-0.1, -0.05) is 30.7 Å². The highest BCUT2D eigenvalue weighted by Gasteiger charge is 2.02. The molecule has 0 aliphatic carbocycles. The van der Waals surface area contributed by atoms with Crippen LogP contribution in [0.5, 0.6) is 0 Å². The molecule has 3 heteroatoms. The summed E-state index contributed by atoms with van der Waals surface area (Å²) in [6.45, 7) is 1.98. The summed E-state index contributed by atoms with van der Waals surface area (Å²) in [6, 6.07) is 11.9. The zero-order valence-corrected chi connectivity index (χ0v) is 11.6. The molecule has 2 aromatic rings. The average Bonchev–Trinajstić information content (AvgIpc) is 2.84. The van der Waals surface area contributed by atoms with E-state index in [0.717, 1.165) is 38.6 Å². The number of hydrogen-bond acceptors (Lipinski definition) is 2. The summed E-state index contributed by atoms with van der Waals surface area (Å²) in [5, 5.41) is 0.736. The highest BCUT2D eigenvalue weighted by molar-refractivity contribution is 7.16. The lowest BCUT2D eigenvalue weighted by atomic mass is 10.2. The Bertz CT molecular complexity index is 584. The minimum absolute atomic E-state index is 0.736. The Balaban J connectivity index is 2.31. The lowest BCUT2D eigenvalue weighted by Gasteiger charge is -1.97. The Morgan fingerprint density at radius 2 is 2.17 bits per heavy atom. The number of halogens is 1. The molecule has 1 aromatic carbocycles. The van der Waals surface area contributed by atoms with Crippen LogP contribution in [0.2, 0.25) is 5.02 Å². The molecular weight excluding hydrogens is 264 g/mol. The molecule has 2 rings (SSSR count). The van der Waals surface area contributed by atoms with Crippen molar-refractivity contribution in [2.24, 2.45) is 0 Å². The van der Waals surface area contributed by atoms with Gasteiger partial charge in [-0.25, -0.2) is 0 Å². The van der Waals surface area contributed by atoms with Crippen molar-refractivity contribution >= 4 is 35.3 Å². The summed E-state index contributed by atoms with van der Waals surface area (Å²) < 4.78 is 0. The Labute approximate surface area is 116 Å². The van der Waals surface area contributed by atoms with Gasteiger partial charge in [-0.15, -0.1) is 11.3 Å². The van der Waals surface area contributed by atoms with Crippen molar-refractivity contribution < 1.29 is 4.79 Å². The fraction of sp³-hybridized carbons (Fsp3) is 0.133. The summed E-state index contributed by atoms with van der Waals surface area (Å²) in [7, 11) is 0. The molecule has 0 unspecified atom stereocenters. The van der Waals surface area contributed by atoms with Crippen LogP contribution in [0.1, 0.15) is 18.2 Å². The highest BCUT2D eigenvalue weighted by atomic mass is 35.5. The van der Waals surface area contributed by atoms with Gasteiger partial charge in [0.05, 0.1) is 0 Å². The van der Waals surface area contributed by atoms with Crippen molar-refractivity contribution in [2.45, 2.75) is 13.3 Å². The van der Waals surface area contributed by atoms with Gasteiger partial charge in [0.1, 0.15) is 6.29 Å². The lowest BCUT2D eigenvalue weighted by Crippen LogP contribution is -1.79. The van der Waals surface area contributed by atoms with Crippen LogP contribution in [-0.2, 0) is 4.79 Å². The monoisotopic (exact) mass is 276 g/mol. The maximum atomic E-state index is 10.8. The van der Waals surface area contributed by atoms with Crippen LogP contribution < -0.4 is 0 Å². The number of carbonyl (C=O) groups is 1. The summed E-state index contributed by atoms with van der Waals surface area (Å²) in [4.78, 5) is 13.0. The number of hydrogen-bond donors (Lipinski definition) is 0. The van der Waals surface area contributed by atoms with Gasteiger partial charge >= 0.3 is 0 Å². The largest absolute Gasteiger partial charge is 0.298 e. The number of rotatable bonds is 4. The van der Waals surface area contributed by atoms with E-state index in [1.165, 1.54) is 0 Å². The molecule has 0 radical (unpaired) electrons. The van der Waals surface area contributed by atoms with Gasteiger partial charge < -0.3 is 0 Å².